The zero-order valence-electron chi connectivity index (χ0n) is 27.0. The van der Waals surface area contributed by atoms with Crippen molar-refractivity contribution in [1.82, 2.24) is 0 Å². The number of fused-ring (bicyclic) bond motifs is 1. The van der Waals surface area contributed by atoms with Crippen molar-refractivity contribution >= 4 is 20.9 Å². The summed E-state index contributed by atoms with van der Waals surface area (Å²) in [6.45, 7) is 4.53. The topological polar surface area (TPSA) is 57.2 Å². The van der Waals surface area contributed by atoms with Crippen molar-refractivity contribution in [2.75, 3.05) is 0 Å². The fraction of sp³-hybridized carbons (Fsp3) is 0.722. The molecule has 0 aliphatic rings. The van der Waals surface area contributed by atoms with Crippen LogP contribution in [0.1, 0.15) is 166 Å². The third kappa shape index (κ3) is 16.8. The van der Waals surface area contributed by atoms with Gasteiger partial charge >= 0.3 is 51.4 Å². The van der Waals surface area contributed by atoms with Crippen LogP contribution in [-0.4, -0.2) is 13.0 Å². The van der Waals surface area contributed by atoms with E-state index in [0.29, 0.717) is 5.39 Å². The van der Waals surface area contributed by atoms with Crippen LogP contribution in [0.25, 0.3) is 10.8 Å². The minimum atomic E-state index is -4.52. The third-order valence-corrected chi connectivity index (χ3v) is 9.44. The Morgan fingerprint density at radius 3 is 1.32 bits per heavy atom. The maximum Gasteiger partial charge on any atom is 1.00 e. The van der Waals surface area contributed by atoms with E-state index in [1.807, 2.05) is 18.2 Å². The molecule has 0 radical (unpaired) electrons. The molecule has 0 aliphatic carbocycles. The first-order valence-corrected chi connectivity index (χ1v) is 18.4. The molecule has 0 aromatic heterocycles. The van der Waals surface area contributed by atoms with Gasteiger partial charge in [-0.15, -0.1) is 0 Å². The number of rotatable bonds is 25. The van der Waals surface area contributed by atoms with Crippen LogP contribution in [-0.2, 0) is 23.0 Å². The monoisotopic (exact) mass is 610 g/mol. The van der Waals surface area contributed by atoms with Gasteiger partial charge in [0.2, 0.25) is 0 Å². The molecule has 0 heterocycles. The van der Waals surface area contributed by atoms with Crippen molar-refractivity contribution in [3.8, 4) is 0 Å². The zero-order valence-corrected chi connectivity index (χ0v) is 30.9. The van der Waals surface area contributed by atoms with Crippen molar-refractivity contribution in [3.05, 3.63) is 41.5 Å². The second-order valence-electron chi connectivity index (χ2n) is 12.1. The summed E-state index contributed by atoms with van der Waals surface area (Å²) in [7, 11) is -4.52. The Kier molecular flexibility index (Phi) is 23.5. The molecule has 0 bridgehead atoms. The second-order valence-corrected chi connectivity index (χ2v) is 13.4. The molecule has 2 aromatic rings. The molecule has 0 spiro atoms. The Bertz CT molecular complexity index is 1030. The molecule has 0 unspecified atom stereocenters. The molecule has 0 atom stereocenters. The molecule has 0 saturated heterocycles. The van der Waals surface area contributed by atoms with Crippen LogP contribution in [0.3, 0.4) is 0 Å². The number of unbranched alkanes of at least 4 members (excludes halogenated alkanes) is 20. The Morgan fingerprint density at radius 2 is 0.902 bits per heavy atom. The van der Waals surface area contributed by atoms with E-state index in [1.165, 1.54) is 134 Å². The fourth-order valence-electron chi connectivity index (χ4n) is 6.13. The van der Waals surface area contributed by atoms with Gasteiger partial charge in [0, 0.05) is 0 Å². The molecule has 3 nitrogen and oxygen atoms in total. The van der Waals surface area contributed by atoms with Crippen LogP contribution in [0.2, 0.25) is 0 Å². The van der Waals surface area contributed by atoms with Gasteiger partial charge in [0.25, 0.3) is 0 Å². The van der Waals surface area contributed by atoms with Crippen molar-refractivity contribution < 1.29 is 64.4 Å². The van der Waals surface area contributed by atoms with Crippen molar-refractivity contribution in [2.24, 2.45) is 0 Å². The van der Waals surface area contributed by atoms with E-state index in [-0.39, 0.29) is 56.3 Å². The predicted molar refractivity (Wildman–Crippen MR) is 172 cm³/mol. The summed E-state index contributed by atoms with van der Waals surface area (Å²) < 4.78 is 36.5. The summed E-state index contributed by atoms with van der Waals surface area (Å²) in [5, 5.41) is 1.56. The van der Waals surface area contributed by atoms with Gasteiger partial charge in [0.1, 0.15) is 10.1 Å². The molecule has 2 rings (SSSR count). The fourth-order valence-corrected chi connectivity index (χ4v) is 6.86. The molecular formula is C36H59KO3S. The average molecular weight is 611 g/mol. The van der Waals surface area contributed by atoms with Crippen LogP contribution in [0.15, 0.2) is 35.2 Å². The van der Waals surface area contributed by atoms with Gasteiger partial charge in [0.05, 0.1) is 4.90 Å². The molecule has 41 heavy (non-hydrogen) atoms. The minimum Gasteiger partial charge on any atom is -0.744 e. The summed E-state index contributed by atoms with van der Waals surface area (Å²) in [5.74, 6) is 0. The zero-order chi connectivity index (χ0) is 28.9. The Hall–Kier alpha value is 0.246. The SMILES string of the molecule is CCCCCCCCCCCCCc1cc(S(=O)(=O)[O-])c2ccccc2c1CCCCCCCCCCCCC.[K+]. The van der Waals surface area contributed by atoms with Gasteiger partial charge in [-0.2, -0.15) is 0 Å². The van der Waals surface area contributed by atoms with E-state index >= 15 is 0 Å². The van der Waals surface area contributed by atoms with Crippen molar-refractivity contribution in [3.63, 3.8) is 0 Å². The summed E-state index contributed by atoms with van der Waals surface area (Å²) >= 11 is 0. The number of benzene rings is 2. The van der Waals surface area contributed by atoms with Crippen molar-refractivity contribution in [1.29, 1.82) is 0 Å². The van der Waals surface area contributed by atoms with Gasteiger partial charge in [0.15, 0.2) is 0 Å². The average Bonchev–Trinajstić information content (AvgIpc) is 2.94. The molecular weight excluding hydrogens is 552 g/mol. The molecule has 0 amide bonds. The maximum atomic E-state index is 12.2. The molecule has 0 aliphatic heterocycles. The van der Waals surface area contributed by atoms with E-state index < -0.39 is 10.1 Å². The maximum absolute atomic E-state index is 12.2. The number of aryl methyl sites for hydroxylation is 2. The van der Waals surface area contributed by atoms with Crippen LogP contribution in [0.5, 0.6) is 0 Å². The van der Waals surface area contributed by atoms with E-state index in [0.717, 1.165) is 36.6 Å². The van der Waals surface area contributed by atoms with Crippen LogP contribution >= 0.6 is 0 Å². The van der Waals surface area contributed by atoms with Gasteiger partial charge in [-0.25, -0.2) is 8.42 Å². The smallest absolute Gasteiger partial charge is 0.744 e. The molecule has 228 valence electrons. The van der Waals surface area contributed by atoms with Gasteiger partial charge in [-0.3, -0.25) is 0 Å². The normalized spacial score (nSPS) is 11.7. The van der Waals surface area contributed by atoms with Gasteiger partial charge < -0.3 is 4.55 Å². The van der Waals surface area contributed by atoms with Crippen molar-refractivity contribution in [2.45, 2.75) is 173 Å². The van der Waals surface area contributed by atoms with E-state index in [1.54, 1.807) is 12.1 Å². The summed E-state index contributed by atoms with van der Waals surface area (Å²) in [6.07, 6.45) is 30.5. The summed E-state index contributed by atoms with van der Waals surface area (Å²) in [4.78, 5) is -0.0381. The van der Waals surface area contributed by atoms with E-state index in [9.17, 15) is 13.0 Å². The second kappa shape index (κ2) is 24.6. The molecule has 2 aromatic carbocycles. The molecule has 5 heteroatoms. The van der Waals surface area contributed by atoms with Gasteiger partial charge in [-0.1, -0.05) is 167 Å². The Morgan fingerprint density at radius 1 is 0.537 bits per heavy atom. The predicted octanol–water partition coefficient (Wildman–Crippen LogP) is 8.45. The molecule has 0 fully saturated rings. The minimum absolute atomic E-state index is 0. The first-order valence-electron chi connectivity index (χ1n) is 17.0. The van der Waals surface area contributed by atoms with Gasteiger partial charge in [-0.05, 0) is 53.6 Å². The largest absolute Gasteiger partial charge is 1.00 e. The standard InChI is InChI=1S/C36H60O3S.K/c1-3-5-7-9-11-13-15-17-19-21-23-27-32-31-36(40(37,38)39)35-30-26-25-29-34(35)33(32)28-24-22-20-18-16-14-12-10-8-6-4-2;/h25-26,29-31H,3-24,27-28H2,1-2H3,(H,37,38,39);/q;+1/p-1. The van der Waals surface area contributed by atoms with Crippen LogP contribution < -0.4 is 51.4 Å². The third-order valence-electron chi connectivity index (χ3n) is 8.56. The first-order chi connectivity index (χ1) is 19.5. The van der Waals surface area contributed by atoms with E-state index in [4.69, 9.17) is 0 Å². The molecule has 0 N–H and O–H groups in total. The van der Waals surface area contributed by atoms with Crippen LogP contribution in [0.4, 0.5) is 0 Å². The van der Waals surface area contributed by atoms with E-state index in [2.05, 4.69) is 13.8 Å². The quantitative estimate of drug-likeness (QED) is 0.0644. The number of hydrogen-bond donors (Lipinski definition) is 0. The number of hydrogen-bond acceptors (Lipinski definition) is 3. The summed E-state index contributed by atoms with van der Waals surface area (Å²) in [6, 6.07) is 9.35. The Balaban J connectivity index is 0.00000840. The Labute approximate surface area is 296 Å². The molecule has 0 saturated carbocycles. The first kappa shape index (κ1) is 39.3. The summed E-state index contributed by atoms with van der Waals surface area (Å²) in [5.41, 5.74) is 2.35. The van der Waals surface area contributed by atoms with Crippen LogP contribution in [0, 0.1) is 0 Å².